The Morgan fingerprint density at radius 1 is 1.29 bits per heavy atom. The van der Waals surface area contributed by atoms with Crippen molar-refractivity contribution in [3.8, 4) is 11.1 Å². The summed E-state index contributed by atoms with van der Waals surface area (Å²) in [5.41, 5.74) is 1.90. The molecule has 34 heavy (non-hydrogen) atoms. The lowest BCUT2D eigenvalue weighted by Crippen LogP contribution is -2.41. The van der Waals surface area contributed by atoms with Crippen molar-refractivity contribution < 1.29 is 26.6 Å². The van der Waals surface area contributed by atoms with E-state index in [1.54, 1.807) is 29.8 Å². The van der Waals surface area contributed by atoms with Gasteiger partial charge in [-0.25, -0.2) is 17.6 Å². The Morgan fingerprint density at radius 2 is 2.00 bits per heavy atom. The topological polar surface area (TPSA) is 79.3 Å². The maximum Gasteiger partial charge on any atom is 0.504 e. The molecule has 3 aromatic rings. The number of nitrogens with zero attached hydrogens (tertiary/aromatic N) is 3. The lowest BCUT2D eigenvalue weighted by molar-refractivity contribution is -0.212. The number of thiophene rings is 1. The van der Waals surface area contributed by atoms with Crippen LogP contribution in [0, 0.1) is 5.82 Å². The third-order valence-electron chi connectivity index (χ3n) is 4.61. The monoisotopic (exact) mass is 539 g/mol. The molecular formula is C20H22ClF4N5O2S2. The summed E-state index contributed by atoms with van der Waals surface area (Å²) in [4.78, 5) is 8.95. The lowest BCUT2D eigenvalue weighted by atomic mass is 10.1. The van der Waals surface area contributed by atoms with E-state index in [0.717, 1.165) is 23.2 Å². The Morgan fingerprint density at radius 3 is 2.56 bits per heavy atom. The molecule has 1 aliphatic heterocycles. The van der Waals surface area contributed by atoms with Gasteiger partial charge in [0.1, 0.15) is 12.6 Å². The van der Waals surface area contributed by atoms with Crippen LogP contribution in [0.2, 0.25) is 5.02 Å². The molecule has 0 saturated carbocycles. The number of rotatable bonds is 3. The number of hydrogen-bond donors (Lipinski definition) is 2. The summed E-state index contributed by atoms with van der Waals surface area (Å²) in [6, 6.07) is 6.27. The van der Waals surface area contributed by atoms with Crippen LogP contribution < -0.4 is 10.0 Å². The fraction of sp³-hybridized carbons (Fsp3) is 0.300. The van der Waals surface area contributed by atoms with E-state index in [1.807, 2.05) is 12.9 Å². The van der Waals surface area contributed by atoms with Crippen LogP contribution in [0.5, 0.6) is 0 Å². The van der Waals surface area contributed by atoms with Crippen molar-refractivity contribution in [2.75, 3.05) is 26.0 Å². The van der Waals surface area contributed by atoms with Gasteiger partial charge < -0.3 is 10.1 Å². The van der Waals surface area contributed by atoms with Crippen molar-refractivity contribution in [2.45, 2.75) is 18.8 Å². The number of hydrogen-bond acceptors (Lipinski definition) is 5. The highest BCUT2D eigenvalue weighted by Gasteiger charge is 2.32. The summed E-state index contributed by atoms with van der Waals surface area (Å²) in [5, 5.41) is 8.11. The van der Waals surface area contributed by atoms with Crippen LogP contribution in [0.1, 0.15) is 17.3 Å². The standard InChI is InChI=1S/C12H13F3N4OS2.C7H7ClFN.CH2O/c1-18-3-2-10(17-22(18)20)11-4-8(7-21-11)9-5-16-19(6-9)12(13,14)15;1-10-5-2-3-7(9)6(8)4-5;1-2/h4-7,10,17H,2-3H2,1H3;2-4,10H,1H3;1H2/t10-,22?;;/m0../s1. The molecule has 0 bridgehead atoms. The van der Waals surface area contributed by atoms with Crippen molar-refractivity contribution in [3.05, 3.63) is 57.8 Å². The zero-order valence-corrected chi connectivity index (χ0v) is 20.5. The van der Waals surface area contributed by atoms with Gasteiger partial charge in [-0.2, -0.15) is 9.78 Å². The average Bonchev–Trinajstić information content (AvgIpc) is 3.49. The Kier molecular flexibility index (Phi) is 10.2. The van der Waals surface area contributed by atoms with E-state index in [-0.39, 0.29) is 21.6 Å². The molecule has 14 heteroatoms. The molecule has 0 spiro atoms. The quantitative estimate of drug-likeness (QED) is 0.461. The van der Waals surface area contributed by atoms with E-state index in [9.17, 15) is 21.8 Å². The predicted molar refractivity (Wildman–Crippen MR) is 126 cm³/mol. The SMILES string of the molecule is C=O.CN1CC[C@@H](c2cc(-c3cnn(C(F)(F)F)c3)cs2)NS1=O.CNc1ccc(F)c(Cl)c1. The molecule has 4 rings (SSSR count). The maximum absolute atomic E-state index is 12.5. The third kappa shape index (κ3) is 7.34. The Labute approximate surface area is 205 Å². The minimum absolute atomic E-state index is 0.0114. The number of carbonyl (C=O) groups is 1. The van der Waals surface area contributed by atoms with Gasteiger partial charge in [0, 0.05) is 43.0 Å². The van der Waals surface area contributed by atoms with Gasteiger partial charge in [0.15, 0.2) is 11.2 Å². The molecule has 7 nitrogen and oxygen atoms in total. The smallest absolute Gasteiger partial charge is 0.388 e. The van der Waals surface area contributed by atoms with E-state index in [4.69, 9.17) is 16.4 Å². The largest absolute Gasteiger partial charge is 0.504 e. The second kappa shape index (κ2) is 12.4. The molecular weight excluding hydrogens is 518 g/mol. The van der Waals surface area contributed by atoms with Gasteiger partial charge in [0.2, 0.25) is 0 Å². The summed E-state index contributed by atoms with van der Waals surface area (Å²) < 4.78 is 66.6. The molecule has 2 N–H and O–H groups in total. The molecule has 1 fully saturated rings. The number of carbonyl (C=O) groups excluding carboxylic acids is 1. The molecule has 1 unspecified atom stereocenters. The molecule has 1 aromatic carbocycles. The summed E-state index contributed by atoms with van der Waals surface area (Å²) >= 11 is 5.68. The molecule has 186 valence electrons. The van der Waals surface area contributed by atoms with Gasteiger partial charge in [-0.3, -0.25) is 0 Å². The Hall–Kier alpha value is -2.32. The van der Waals surface area contributed by atoms with Gasteiger partial charge >= 0.3 is 6.30 Å². The van der Waals surface area contributed by atoms with Crippen molar-refractivity contribution in [2.24, 2.45) is 0 Å². The summed E-state index contributed by atoms with van der Waals surface area (Å²) in [6.45, 7) is 2.70. The Bertz CT molecular complexity index is 1110. The normalized spacial score (nSPS) is 18.3. The highest BCUT2D eigenvalue weighted by molar-refractivity contribution is 7.80. The second-order valence-corrected chi connectivity index (χ2v) is 9.53. The number of aromatic nitrogens is 2. The highest BCUT2D eigenvalue weighted by atomic mass is 35.5. The zero-order chi connectivity index (χ0) is 25.5. The number of alkyl halides is 3. The number of anilines is 1. The molecule has 1 aliphatic rings. The fourth-order valence-electron chi connectivity index (χ4n) is 2.81. The first-order chi connectivity index (χ1) is 16.1. The Balaban J connectivity index is 0.000000286. The van der Waals surface area contributed by atoms with E-state index >= 15 is 0 Å². The minimum Gasteiger partial charge on any atom is -0.388 e. The van der Waals surface area contributed by atoms with Gasteiger partial charge in [-0.15, -0.1) is 24.5 Å². The second-order valence-electron chi connectivity index (χ2n) is 6.82. The molecule has 0 amide bonds. The van der Waals surface area contributed by atoms with Crippen LogP contribution in [-0.4, -0.2) is 45.7 Å². The third-order valence-corrected chi connectivity index (χ3v) is 7.18. The van der Waals surface area contributed by atoms with Crippen LogP contribution in [0.25, 0.3) is 11.1 Å². The molecule has 2 atom stereocenters. The number of halogens is 5. The van der Waals surface area contributed by atoms with Crippen LogP contribution in [0.4, 0.5) is 23.2 Å². The van der Waals surface area contributed by atoms with Crippen LogP contribution in [-0.2, 0) is 22.3 Å². The van der Waals surface area contributed by atoms with Crippen LogP contribution in [0.3, 0.4) is 0 Å². The van der Waals surface area contributed by atoms with Crippen LogP contribution >= 0.6 is 22.9 Å². The van der Waals surface area contributed by atoms with Crippen molar-refractivity contribution in [1.82, 2.24) is 18.8 Å². The van der Waals surface area contributed by atoms with Crippen molar-refractivity contribution in [1.29, 1.82) is 0 Å². The van der Waals surface area contributed by atoms with E-state index in [2.05, 4.69) is 15.1 Å². The zero-order valence-electron chi connectivity index (χ0n) is 18.1. The maximum atomic E-state index is 12.5. The van der Waals surface area contributed by atoms with Crippen LogP contribution in [0.15, 0.2) is 42.0 Å². The van der Waals surface area contributed by atoms with Crippen molar-refractivity contribution in [3.63, 3.8) is 0 Å². The first-order valence-electron chi connectivity index (χ1n) is 9.60. The molecule has 3 heterocycles. The minimum atomic E-state index is -4.51. The summed E-state index contributed by atoms with van der Waals surface area (Å²) in [6.07, 6.45) is -1.56. The van der Waals surface area contributed by atoms with Crippen molar-refractivity contribution >= 4 is 46.6 Å². The van der Waals surface area contributed by atoms with E-state index in [0.29, 0.717) is 17.7 Å². The predicted octanol–water partition coefficient (Wildman–Crippen LogP) is 4.97. The first-order valence-corrected chi connectivity index (χ1v) is 12.0. The lowest BCUT2D eigenvalue weighted by Gasteiger charge is -2.28. The van der Waals surface area contributed by atoms with E-state index < -0.39 is 17.5 Å². The average molecular weight is 540 g/mol. The van der Waals surface area contributed by atoms with Gasteiger partial charge in [-0.05, 0) is 41.6 Å². The van der Waals surface area contributed by atoms with Gasteiger partial charge in [0.25, 0.3) is 0 Å². The highest BCUT2D eigenvalue weighted by Crippen LogP contribution is 2.33. The molecule has 0 aliphatic carbocycles. The van der Waals surface area contributed by atoms with Gasteiger partial charge in [0.05, 0.1) is 17.3 Å². The molecule has 1 saturated heterocycles. The fourth-order valence-corrected chi connectivity index (χ4v) is 5.01. The summed E-state index contributed by atoms with van der Waals surface area (Å²) in [5.74, 6) is -0.388. The van der Waals surface area contributed by atoms with E-state index in [1.165, 1.54) is 29.7 Å². The number of benzene rings is 1. The molecule has 2 aromatic heterocycles. The first kappa shape index (κ1) is 27.9. The summed E-state index contributed by atoms with van der Waals surface area (Å²) in [7, 11) is 3.52. The molecule has 0 radical (unpaired) electrons. The number of nitrogens with one attached hydrogen (secondary N) is 2. The van der Waals surface area contributed by atoms with Gasteiger partial charge in [-0.1, -0.05) is 11.6 Å².